The molecule has 5 heteroatoms. The maximum Gasteiger partial charge on any atom is 0.203 e. The van der Waals surface area contributed by atoms with Crippen LogP contribution in [-0.2, 0) is 0 Å². The summed E-state index contributed by atoms with van der Waals surface area (Å²) >= 11 is 0. The fourth-order valence-electron chi connectivity index (χ4n) is 3.31. The average Bonchev–Trinajstić information content (AvgIpc) is 2.62. The lowest BCUT2D eigenvalue weighted by Crippen LogP contribution is -2.45. The lowest BCUT2D eigenvalue weighted by Gasteiger charge is -2.36. The third kappa shape index (κ3) is 4.09. The van der Waals surface area contributed by atoms with Crippen LogP contribution in [0.15, 0.2) is 12.1 Å². The highest BCUT2D eigenvalue weighted by molar-refractivity contribution is 5.56. The van der Waals surface area contributed by atoms with Gasteiger partial charge >= 0.3 is 0 Å². The Kier molecular flexibility index (Phi) is 6.99. The minimum Gasteiger partial charge on any atom is -0.493 e. The van der Waals surface area contributed by atoms with E-state index >= 15 is 0 Å². The average molecular weight is 322 g/mol. The summed E-state index contributed by atoms with van der Waals surface area (Å²) in [5.41, 5.74) is 1.19. The highest BCUT2D eigenvalue weighted by Gasteiger charge is 2.27. The Hall–Kier alpha value is -1.46. The van der Waals surface area contributed by atoms with Crippen molar-refractivity contribution in [3.05, 3.63) is 17.7 Å². The SMILES string of the molecule is CCCCC(c1ccc(OC)c(OC)c1OC)N1CCNCC1. The van der Waals surface area contributed by atoms with E-state index < -0.39 is 0 Å². The smallest absolute Gasteiger partial charge is 0.203 e. The van der Waals surface area contributed by atoms with Crippen molar-refractivity contribution in [1.82, 2.24) is 10.2 Å². The minimum absolute atomic E-state index is 0.354. The summed E-state index contributed by atoms with van der Waals surface area (Å²) in [7, 11) is 5.02. The molecule has 1 saturated heterocycles. The molecule has 1 aliphatic rings. The van der Waals surface area contributed by atoms with Crippen molar-refractivity contribution < 1.29 is 14.2 Å². The number of methoxy groups -OCH3 is 3. The van der Waals surface area contributed by atoms with Gasteiger partial charge < -0.3 is 19.5 Å². The van der Waals surface area contributed by atoms with Gasteiger partial charge in [0.1, 0.15) is 0 Å². The molecule has 0 bridgehead atoms. The van der Waals surface area contributed by atoms with Gasteiger partial charge in [0.25, 0.3) is 0 Å². The van der Waals surface area contributed by atoms with Crippen LogP contribution in [0.4, 0.5) is 0 Å². The van der Waals surface area contributed by atoms with Gasteiger partial charge in [-0.1, -0.05) is 19.8 Å². The van der Waals surface area contributed by atoms with Gasteiger partial charge in [-0.2, -0.15) is 0 Å². The van der Waals surface area contributed by atoms with Gasteiger partial charge in [-0.25, -0.2) is 0 Å². The molecule has 0 aromatic heterocycles. The molecule has 1 unspecified atom stereocenters. The molecule has 0 amide bonds. The Morgan fingerprint density at radius 3 is 2.30 bits per heavy atom. The Morgan fingerprint density at radius 1 is 1.04 bits per heavy atom. The van der Waals surface area contributed by atoms with Crippen LogP contribution < -0.4 is 19.5 Å². The van der Waals surface area contributed by atoms with E-state index in [1.807, 2.05) is 6.07 Å². The van der Waals surface area contributed by atoms with Crippen molar-refractivity contribution in [2.45, 2.75) is 32.2 Å². The van der Waals surface area contributed by atoms with Gasteiger partial charge in [-0.05, 0) is 18.6 Å². The van der Waals surface area contributed by atoms with Gasteiger partial charge in [-0.3, -0.25) is 4.90 Å². The Bertz CT molecular complexity index is 487. The molecule has 1 aromatic carbocycles. The van der Waals surface area contributed by atoms with Gasteiger partial charge in [0.15, 0.2) is 11.5 Å². The highest BCUT2D eigenvalue weighted by atomic mass is 16.5. The molecule has 0 aliphatic carbocycles. The molecule has 23 heavy (non-hydrogen) atoms. The summed E-state index contributed by atoms with van der Waals surface area (Å²) in [4.78, 5) is 2.55. The molecular weight excluding hydrogens is 292 g/mol. The van der Waals surface area contributed by atoms with Crippen molar-refractivity contribution in [3.8, 4) is 17.2 Å². The van der Waals surface area contributed by atoms with Gasteiger partial charge in [-0.15, -0.1) is 0 Å². The van der Waals surface area contributed by atoms with E-state index in [0.717, 1.165) is 38.3 Å². The zero-order chi connectivity index (χ0) is 16.7. The molecule has 0 spiro atoms. The number of piperazine rings is 1. The quantitative estimate of drug-likeness (QED) is 0.797. The summed E-state index contributed by atoms with van der Waals surface area (Å²) < 4.78 is 16.7. The first-order valence-corrected chi connectivity index (χ1v) is 8.50. The predicted octanol–water partition coefficient (Wildman–Crippen LogP) is 2.85. The Labute approximate surface area is 139 Å². The van der Waals surface area contributed by atoms with Gasteiger partial charge in [0, 0.05) is 37.8 Å². The number of ether oxygens (including phenoxy) is 3. The van der Waals surface area contributed by atoms with Crippen LogP contribution in [0.1, 0.15) is 37.8 Å². The van der Waals surface area contributed by atoms with Crippen LogP contribution in [0.25, 0.3) is 0 Å². The second-order valence-corrected chi connectivity index (χ2v) is 5.87. The molecule has 1 fully saturated rings. The third-order valence-corrected chi connectivity index (χ3v) is 4.52. The van der Waals surface area contributed by atoms with Crippen LogP contribution in [0, 0.1) is 0 Å². The standard InChI is InChI=1S/C18H30N2O3/c1-5-6-7-15(20-12-10-19-11-13-20)14-8-9-16(21-2)18(23-4)17(14)22-3/h8-9,15,19H,5-7,10-13H2,1-4H3. The second-order valence-electron chi connectivity index (χ2n) is 5.87. The maximum atomic E-state index is 5.71. The van der Waals surface area contributed by atoms with Crippen molar-refractivity contribution in [2.24, 2.45) is 0 Å². The van der Waals surface area contributed by atoms with Crippen LogP contribution in [-0.4, -0.2) is 52.4 Å². The summed E-state index contributed by atoms with van der Waals surface area (Å²) in [6.45, 7) is 6.44. The summed E-state index contributed by atoms with van der Waals surface area (Å²) in [6.07, 6.45) is 3.52. The summed E-state index contributed by atoms with van der Waals surface area (Å²) in [5, 5.41) is 3.43. The zero-order valence-electron chi connectivity index (χ0n) is 14.9. The molecule has 0 saturated carbocycles. The lowest BCUT2D eigenvalue weighted by atomic mass is 9.97. The van der Waals surface area contributed by atoms with E-state index in [-0.39, 0.29) is 0 Å². The van der Waals surface area contributed by atoms with E-state index in [9.17, 15) is 0 Å². The number of benzene rings is 1. The Balaban J connectivity index is 2.39. The third-order valence-electron chi connectivity index (χ3n) is 4.52. The normalized spacial score (nSPS) is 16.9. The highest BCUT2D eigenvalue weighted by Crippen LogP contribution is 2.44. The molecule has 1 heterocycles. The summed E-state index contributed by atoms with van der Waals surface area (Å²) in [6, 6.07) is 4.47. The van der Waals surface area contributed by atoms with E-state index in [4.69, 9.17) is 14.2 Å². The van der Waals surface area contributed by atoms with Crippen LogP contribution >= 0.6 is 0 Å². The maximum absolute atomic E-state index is 5.71. The fourth-order valence-corrected chi connectivity index (χ4v) is 3.31. The predicted molar refractivity (Wildman–Crippen MR) is 92.8 cm³/mol. The van der Waals surface area contributed by atoms with Crippen molar-refractivity contribution in [3.63, 3.8) is 0 Å². The van der Waals surface area contributed by atoms with E-state index in [1.54, 1.807) is 21.3 Å². The second kappa shape index (κ2) is 8.99. The molecule has 1 aliphatic heterocycles. The monoisotopic (exact) mass is 322 g/mol. The minimum atomic E-state index is 0.354. The number of hydrogen-bond donors (Lipinski definition) is 1. The van der Waals surface area contributed by atoms with Crippen molar-refractivity contribution in [1.29, 1.82) is 0 Å². The lowest BCUT2D eigenvalue weighted by molar-refractivity contribution is 0.159. The number of nitrogens with one attached hydrogen (secondary N) is 1. The largest absolute Gasteiger partial charge is 0.493 e. The molecular formula is C18H30N2O3. The van der Waals surface area contributed by atoms with Crippen LogP contribution in [0.5, 0.6) is 17.2 Å². The number of hydrogen-bond acceptors (Lipinski definition) is 5. The first kappa shape index (κ1) is 17.9. The molecule has 1 atom stereocenters. The molecule has 130 valence electrons. The van der Waals surface area contributed by atoms with E-state index in [0.29, 0.717) is 17.5 Å². The van der Waals surface area contributed by atoms with Crippen LogP contribution in [0.3, 0.4) is 0 Å². The summed E-state index contributed by atoms with van der Waals surface area (Å²) in [5.74, 6) is 2.19. The number of nitrogens with zero attached hydrogens (tertiary/aromatic N) is 1. The molecule has 2 rings (SSSR count). The molecule has 0 radical (unpaired) electrons. The fraction of sp³-hybridized carbons (Fsp3) is 0.667. The molecule has 1 N–H and O–H groups in total. The van der Waals surface area contributed by atoms with Crippen molar-refractivity contribution in [2.75, 3.05) is 47.5 Å². The van der Waals surface area contributed by atoms with Gasteiger partial charge in [0.2, 0.25) is 5.75 Å². The zero-order valence-corrected chi connectivity index (χ0v) is 14.9. The van der Waals surface area contributed by atoms with E-state index in [2.05, 4.69) is 23.2 Å². The van der Waals surface area contributed by atoms with Crippen molar-refractivity contribution >= 4 is 0 Å². The first-order valence-electron chi connectivity index (χ1n) is 8.50. The Morgan fingerprint density at radius 2 is 1.74 bits per heavy atom. The number of unbranched alkanes of at least 4 members (excludes halogenated alkanes) is 1. The topological polar surface area (TPSA) is 43.0 Å². The first-order chi connectivity index (χ1) is 11.3. The van der Waals surface area contributed by atoms with Crippen LogP contribution in [0.2, 0.25) is 0 Å². The van der Waals surface area contributed by atoms with Gasteiger partial charge in [0.05, 0.1) is 21.3 Å². The molecule has 1 aromatic rings. The number of rotatable bonds is 8. The molecule has 5 nitrogen and oxygen atoms in total. The van der Waals surface area contributed by atoms with E-state index in [1.165, 1.54) is 18.4 Å².